The van der Waals surface area contributed by atoms with Crippen LogP contribution >= 0.6 is 0 Å². The van der Waals surface area contributed by atoms with Gasteiger partial charge in [0.15, 0.2) is 0 Å². The van der Waals surface area contributed by atoms with Crippen molar-refractivity contribution < 1.29 is 13.2 Å². The third-order valence-corrected chi connectivity index (χ3v) is 4.55. The van der Waals surface area contributed by atoms with Crippen molar-refractivity contribution in [3.05, 3.63) is 60.2 Å². The maximum Gasteiger partial charge on any atom is 0.241 e. The van der Waals surface area contributed by atoms with Crippen LogP contribution in [-0.2, 0) is 10.0 Å². The van der Waals surface area contributed by atoms with Crippen LogP contribution < -0.4 is 9.46 Å². The summed E-state index contributed by atoms with van der Waals surface area (Å²) < 4.78 is 32.4. The summed E-state index contributed by atoms with van der Waals surface area (Å²) in [5, 5.41) is 0. The van der Waals surface area contributed by atoms with Gasteiger partial charge in [0, 0.05) is 11.6 Å². The van der Waals surface area contributed by atoms with Gasteiger partial charge < -0.3 is 4.74 Å². The predicted molar refractivity (Wildman–Crippen MR) is 78.2 cm³/mol. The number of hydrogen-bond donors (Lipinski definition) is 1. The molecule has 2 aromatic rings. The summed E-state index contributed by atoms with van der Waals surface area (Å²) >= 11 is 0. The van der Waals surface area contributed by atoms with E-state index in [9.17, 15) is 8.42 Å². The molecule has 0 heterocycles. The molecule has 0 saturated heterocycles. The molecular formula is C15H17NO3S. The maximum absolute atomic E-state index is 12.3. The van der Waals surface area contributed by atoms with E-state index in [1.165, 1.54) is 0 Å². The Balaban J connectivity index is 2.26. The fraction of sp³-hybridized carbons (Fsp3) is 0.200. The van der Waals surface area contributed by atoms with E-state index in [1.54, 1.807) is 44.4 Å². The number of rotatable bonds is 5. The zero-order chi connectivity index (χ0) is 14.6. The number of methoxy groups -OCH3 is 1. The monoisotopic (exact) mass is 291 g/mol. The van der Waals surface area contributed by atoms with E-state index in [4.69, 9.17) is 4.74 Å². The van der Waals surface area contributed by atoms with E-state index in [2.05, 4.69) is 4.72 Å². The first-order valence-electron chi connectivity index (χ1n) is 6.25. The number of sulfonamides is 1. The molecule has 0 radical (unpaired) electrons. The van der Waals surface area contributed by atoms with Crippen LogP contribution in [0, 0.1) is 0 Å². The molecule has 0 saturated carbocycles. The number of hydrogen-bond acceptors (Lipinski definition) is 3. The Kier molecular flexibility index (Phi) is 4.42. The largest absolute Gasteiger partial charge is 0.496 e. The Labute approximate surface area is 119 Å². The Morgan fingerprint density at radius 2 is 1.60 bits per heavy atom. The van der Waals surface area contributed by atoms with Crippen LogP contribution in [0.25, 0.3) is 0 Å². The molecule has 0 bridgehead atoms. The van der Waals surface area contributed by atoms with Crippen molar-refractivity contribution in [2.75, 3.05) is 7.11 Å². The van der Waals surface area contributed by atoms with Gasteiger partial charge in [0.1, 0.15) is 5.75 Å². The van der Waals surface area contributed by atoms with Crippen LogP contribution in [-0.4, -0.2) is 15.5 Å². The summed E-state index contributed by atoms with van der Waals surface area (Å²) in [5.74, 6) is 0.663. The van der Waals surface area contributed by atoms with Gasteiger partial charge in [-0.3, -0.25) is 0 Å². The van der Waals surface area contributed by atoms with Crippen molar-refractivity contribution in [2.24, 2.45) is 0 Å². The molecule has 5 heteroatoms. The molecule has 2 rings (SSSR count). The van der Waals surface area contributed by atoms with Gasteiger partial charge in [-0.25, -0.2) is 13.1 Å². The summed E-state index contributed by atoms with van der Waals surface area (Å²) in [4.78, 5) is 0.252. The average Bonchev–Trinajstić information content (AvgIpc) is 2.47. The van der Waals surface area contributed by atoms with Crippen molar-refractivity contribution in [2.45, 2.75) is 17.9 Å². The highest BCUT2D eigenvalue weighted by Crippen LogP contribution is 2.25. The lowest BCUT2D eigenvalue weighted by molar-refractivity contribution is 0.405. The van der Waals surface area contributed by atoms with Gasteiger partial charge >= 0.3 is 0 Å². The minimum absolute atomic E-state index is 0.252. The molecule has 1 N–H and O–H groups in total. The first kappa shape index (κ1) is 14.6. The standard InChI is InChI=1S/C15H17NO3S/c1-12(14-10-6-7-11-15(14)19-2)16-20(17,18)13-8-4-3-5-9-13/h3-12,16H,1-2H3/t12-/m0/s1. The van der Waals surface area contributed by atoms with Gasteiger partial charge in [-0.15, -0.1) is 0 Å². The van der Waals surface area contributed by atoms with E-state index in [0.29, 0.717) is 5.75 Å². The second-order valence-corrected chi connectivity index (χ2v) is 6.11. The second kappa shape index (κ2) is 6.07. The van der Waals surface area contributed by atoms with E-state index in [1.807, 2.05) is 24.3 Å². The zero-order valence-corrected chi connectivity index (χ0v) is 12.2. The molecule has 2 aromatic carbocycles. The summed E-state index contributed by atoms with van der Waals surface area (Å²) in [7, 11) is -1.97. The highest BCUT2D eigenvalue weighted by atomic mass is 32.2. The first-order chi connectivity index (χ1) is 9.54. The van der Waals surface area contributed by atoms with Gasteiger partial charge in [-0.1, -0.05) is 36.4 Å². The zero-order valence-electron chi connectivity index (χ0n) is 11.4. The lowest BCUT2D eigenvalue weighted by Crippen LogP contribution is -2.27. The highest BCUT2D eigenvalue weighted by Gasteiger charge is 2.19. The van der Waals surface area contributed by atoms with E-state index >= 15 is 0 Å². The van der Waals surface area contributed by atoms with Crippen molar-refractivity contribution >= 4 is 10.0 Å². The topological polar surface area (TPSA) is 55.4 Å². The van der Waals surface area contributed by atoms with Crippen molar-refractivity contribution in [3.63, 3.8) is 0 Å². The molecule has 0 amide bonds. The number of nitrogens with one attached hydrogen (secondary N) is 1. The summed E-state index contributed by atoms with van der Waals surface area (Å²) in [6, 6.07) is 15.3. The summed E-state index contributed by atoms with van der Waals surface area (Å²) in [6.45, 7) is 1.79. The van der Waals surface area contributed by atoms with Gasteiger partial charge in [-0.05, 0) is 25.1 Å². The average molecular weight is 291 g/mol. The summed E-state index contributed by atoms with van der Waals surface area (Å²) in [6.07, 6.45) is 0. The lowest BCUT2D eigenvalue weighted by atomic mass is 10.1. The maximum atomic E-state index is 12.3. The first-order valence-corrected chi connectivity index (χ1v) is 7.73. The van der Waals surface area contributed by atoms with Crippen LogP contribution in [0.5, 0.6) is 5.75 Å². The smallest absolute Gasteiger partial charge is 0.241 e. The quantitative estimate of drug-likeness (QED) is 0.921. The molecule has 4 nitrogen and oxygen atoms in total. The molecule has 1 atom stereocenters. The van der Waals surface area contributed by atoms with Crippen LogP contribution in [0.1, 0.15) is 18.5 Å². The van der Waals surface area contributed by atoms with Gasteiger partial charge in [0.05, 0.1) is 12.0 Å². The van der Waals surface area contributed by atoms with Crippen molar-refractivity contribution in [3.8, 4) is 5.75 Å². The molecule has 0 aliphatic heterocycles. The van der Waals surface area contributed by atoms with E-state index in [0.717, 1.165) is 5.56 Å². The number of benzene rings is 2. The molecule has 0 aliphatic carbocycles. The third-order valence-electron chi connectivity index (χ3n) is 2.99. The van der Waals surface area contributed by atoms with Gasteiger partial charge in [0.25, 0.3) is 0 Å². The highest BCUT2D eigenvalue weighted by molar-refractivity contribution is 7.89. The Bertz CT molecular complexity index is 669. The van der Waals surface area contributed by atoms with E-state index in [-0.39, 0.29) is 10.9 Å². The molecule has 0 unspecified atom stereocenters. The molecule has 20 heavy (non-hydrogen) atoms. The second-order valence-electron chi connectivity index (χ2n) is 4.40. The van der Waals surface area contributed by atoms with Crippen molar-refractivity contribution in [1.82, 2.24) is 4.72 Å². The Morgan fingerprint density at radius 1 is 1.00 bits per heavy atom. The minimum atomic E-state index is -3.54. The number of para-hydroxylation sites is 1. The molecular weight excluding hydrogens is 274 g/mol. The van der Waals surface area contributed by atoms with Crippen LogP contribution in [0.3, 0.4) is 0 Å². The Morgan fingerprint density at radius 3 is 2.25 bits per heavy atom. The molecule has 106 valence electrons. The van der Waals surface area contributed by atoms with E-state index < -0.39 is 10.0 Å². The molecule has 0 aliphatic rings. The minimum Gasteiger partial charge on any atom is -0.496 e. The lowest BCUT2D eigenvalue weighted by Gasteiger charge is -2.17. The SMILES string of the molecule is COc1ccccc1[C@H](C)NS(=O)(=O)c1ccccc1. The fourth-order valence-electron chi connectivity index (χ4n) is 1.99. The van der Waals surface area contributed by atoms with Gasteiger partial charge in [0.2, 0.25) is 10.0 Å². The number of ether oxygens (including phenoxy) is 1. The van der Waals surface area contributed by atoms with Crippen LogP contribution in [0.15, 0.2) is 59.5 Å². The predicted octanol–water partition coefficient (Wildman–Crippen LogP) is 2.73. The molecule has 0 aromatic heterocycles. The Hall–Kier alpha value is -1.85. The van der Waals surface area contributed by atoms with Crippen molar-refractivity contribution in [1.29, 1.82) is 0 Å². The fourth-order valence-corrected chi connectivity index (χ4v) is 3.23. The molecule has 0 spiro atoms. The van der Waals surface area contributed by atoms with Crippen LogP contribution in [0.2, 0.25) is 0 Å². The normalized spacial score (nSPS) is 12.9. The molecule has 0 fully saturated rings. The van der Waals surface area contributed by atoms with Gasteiger partial charge in [-0.2, -0.15) is 0 Å². The van der Waals surface area contributed by atoms with Crippen LogP contribution in [0.4, 0.5) is 0 Å². The summed E-state index contributed by atoms with van der Waals surface area (Å²) in [5.41, 5.74) is 0.800. The third kappa shape index (κ3) is 3.18.